The molecule has 124 valence electrons. The topological polar surface area (TPSA) is 86.2 Å². The summed E-state index contributed by atoms with van der Waals surface area (Å²) in [7, 11) is 0. The van der Waals surface area contributed by atoms with Crippen LogP contribution in [0.15, 0.2) is 52.2 Å². The lowest BCUT2D eigenvalue weighted by molar-refractivity contribution is -0.275. The van der Waals surface area contributed by atoms with Gasteiger partial charge in [0.1, 0.15) is 5.65 Å². The molecule has 0 saturated heterocycles. The van der Waals surface area contributed by atoms with E-state index in [1.807, 2.05) is 0 Å². The molecule has 0 aliphatic heterocycles. The highest BCUT2D eigenvalue weighted by Gasteiger charge is 2.32. The van der Waals surface area contributed by atoms with Crippen LogP contribution >= 0.6 is 0 Å². The van der Waals surface area contributed by atoms with E-state index in [0.717, 1.165) is 12.1 Å². The second kappa shape index (κ2) is 5.72. The Morgan fingerprint density at radius 2 is 1.75 bits per heavy atom. The van der Waals surface area contributed by atoms with Crippen molar-refractivity contribution in [1.29, 1.82) is 0 Å². The first-order chi connectivity index (χ1) is 11.3. The van der Waals surface area contributed by atoms with E-state index in [-0.39, 0.29) is 11.0 Å². The first-order valence-corrected chi connectivity index (χ1v) is 6.48. The smallest absolute Gasteiger partial charge is 0.402 e. The molecule has 0 fully saturated rings. The minimum absolute atomic E-state index is 0.0336. The molecule has 2 aromatic heterocycles. The number of fused-ring (bicyclic) bond motifs is 1. The van der Waals surface area contributed by atoms with E-state index in [4.69, 9.17) is 4.84 Å². The first-order valence-electron chi connectivity index (χ1n) is 6.48. The van der Waals surface area contributed by atoms with Crippen molar-refractivity contribution in [2.75, 3.05) is 0 Å². The molecule has 0 bridgehead atoms. The Bertz CT molecular complexity index is 1010. The molecule has 1 N–H and O–H groups in total. The van der Waals surface area contributed by atoms with Crippen LogP contribution in [0.1, 0.15) is 0 Å². The largest absolute Gasteiger partial charge is 0.573 e. The highest BCUT2D eigenvalue weighted by molar-refractivity contribution is 5.72. The van der Waals surface area contributed by atoms with Gasteiger partial charge in [-0.25, -0.2) is 9.78 Å². The Morgan fingerprint density at radius 1 is 1.04 bits per heavy atom. The van der Waals surface area contributed by atoms with Crippen LogP contribution < -0.4 is 20.8 Å². The Labute approximate surface area is 130 Å². The van der Waals surface area contributed by atoms with Gasteiger partial charge in [-0.05, 0) is 24.3 Å². The van der Waals surface area contributed by atoms with E-state index < -0.39 is 29.1 Å². The van der Waals surface area contributed by atoms with Crippen LogP contribution in [0.5, 0.6) is 11.5 Å². The SMILES string of the molecule is O=c1[nH]c2ncccc2c(=O)n1Oc1ccccc1OC(F)(F)F. The van der Waals surface area contributed by atoms with Gasteiger partial charge in [-0.2, -0.15) is 0 Å². The van der Waals surface area contributed by atoms with Gasteiger partial charge in [0.25, 0.3) is 5.56 Å². The lowest BCUT2D eigenvalue weighted by Gasteiger charge is -2.13. The van der Waals surface area contributed by atoms with Crippen LogP contribution in [-0.2, 0) is 0 Å². The maximum Gasteiger partial charge on any atom is 0.573 e. The number of rotatable bonds is 3. The summed E-state index contributed by atoms with van der Waals surface area (Å²) < 4.78 is 41.3. The van der Waals surface area contributed by atoms with Crippen molar-refractivity contribution in [1.82, 2.24) is 14.7 Å². The van der Waals surface area contributed by atoms with E-state index in [2.05, 4.69) is 14.7 Å². The van der Waals surface area contributed by atoms with Crippen molar-refractivity contribution in [3.05, 3.63) is 63.4 Å². The van der Waals surface area contributed by atoms with Crippen LogP contribution in [0, 0.1) is 0 Å². The van der Waals surface area contributed by atoms with Crippen molar-refractivity contribution >= 4 is 11.0 Å². The lowest BCUT2D eigenvalue weighted by Crippen LogP contribution is -2.38. The minimum Gasteiger partial charge on any atom is -0.402 e. The summed E-state index contributed by atoms with van der Waals surface area (Å²) in [6.07, 6.45) is -3.58. The molecule has 0 spiro atoms. The Kier molecular flexibility index (Phi) is 3.72. The van der Waals surface area contributed by atoms with E-state index in [0.29, 0.717) is 4.73 Å². The molecule has 0 atom stereocenters. The minimum atomic E-state index is -4.95. The fourth-order valence-corrected chi connectivity index (χ4v) is 1.95. The molecule has 10 heteroatoms. The molecule has 7 nitrogen and oxygen atoms in total. The number of para-hydroxylation sites is 2. The number of pyridine rings is 1. The molecule has 0 unspecified atom stereocenters. The Morgan fingerprint density at radius 3 is 2.46 bits per heavy atom. The number of benzene rings is 1. The Balaban J connectivity index is 2.09. The molecular formula is C14H8F3N3O4. The maximum absolute atomic E-state index is 12.4. The highest BCUT2D eigenvalue weighted by Crippen LogP contribution is 2.31. The molecule has 2 heterocycles. The number of alkyl halides is 3. The number of hydrogen-bond donors (Lipinski definition) is 1. The molecule has 3 aromatic rings. The molecule has 1 aromatic carbocycles. The molecule has 24 heavy (non-hydrogen) atoms. The maximum atomic E-state index is 12.4. The van der Waals surface area contributed by atoms with Crippen LogP contribution in [0.25, 0.3) is 11.0 Å². The summed E-state index contributed by atoms with van der Waals surface area (Å²) in [6, 6.07) is 7.61. The summed E-state index contributed by atoms with van der Waals surface area (Å²) >= 11 is 0. The van der Waals surface area contributed by atoms with E-state index in [1.54, 1.807) is 0 Å². The summed E-state index contributed by atoms with van der Waals surface area (Å²) in [5, 5.41) is 0.0336. The number of nitrogens with zero attached hydrogens (tertiary/aromatic N) is 2. The molecule has 0 radical (unpaired) electrons. The number of H-pyrrole nitrogens is 1. The zero-order valence-corrected chi connectivity index (χ0v) is 11.7. The van der Waals surface area contributed by atoms with Crippen molar-refractivity contribution < 1.29 is 22.7 Å². The van der Waals surface area contributed by atoms with Gasteiger partial charge in [0.15, 0.2) is 11.5 Å². The standard InChI is InChI=1S/C14H8F3N3O4/c15-14(16,17)23-9-5-1-2-6-10(9)24-20-12(21)8-4-3-7-18-11(8)19-13(20)22/h1-7H,(H,18,19,22). The normalized spacial score (nSPS) is 11.5. The number of halogens is 3. The predicted octanol–water partition coefficient (Wildman–Crippen LogP) is 1.83. The van der Waals surface area contributed by atoms with Gasteiger partial charge in [0.05, 0.1) is 5.39 Å². The Hall–Kier alpha value is -3.30. The van der Waals surface area contributed by atoms with Crippen molar-refractivity contribution in [3.8, 4) is 11.5 Å². The van der Waals surface area contributed by atoms with Crippen molar-refractivity contribution in [2.45, 2.75) is 6.36 Å². The number of aromatic nitrogens is 3. The third-order valence-electron chi connectivity index (χ3n) is 2.90. The number of hydrogen-bond acceptors (Lipinski definition) is 5. The van der Waals surface area contributed by atoms with Crippen LogP contribution in [0.2, 0.25) is 0 Å². The van der Waals surface area contributed by atoms with Crippen LogP contribution in [-0.4, -0.2) is 21.1 Å². The van der Waals surface area contributed by atoms with E-state index >= 15 is 0 Å². The second-order valence-electron chi connectivity index (χ2n) is 4.52. The molecule has 0 amide bonds. The van der Waals surface area contributed by atoms with E-state index in [9.17, 15) is 22.8 Å². The summed E-state index contributed by atoms with van der Waals surface area (Å²) in [6.45, 7) is 0. The van der Waals surface area contributed by atoms with Crippen LogP contribution in [0.4, 0.5) is 13.2 Å². The second-order valence-corrected chi connectivity index (χ2v) is 4.52. The van der Waals surface area contributed by atoms with Crippen molar-refractivity contribution in [3.63, 3.8) is 0 Å². The predicted molar refractivity (Wildman–Crippen MR) is 75.8 cm³/mol. The van der Waals surface area contributed by atoms with Gasteiger partial charge in [0.2, 0.25) is 0 Å². The highest BCUT2D eigenvalue weighted by atomic mass is 19.4. The fourth-order valence-electron chi connectivity index (χ4n) is 1.95. The quantitative estimate of drug-likeness (QED) is 0.787. The van der Waals surface area contributed by atoms with Gasteiger partial charge in [0, 0.05) is 6.20 Å². The average Bonchev–Trinajstić information content (AvgIpc) is 2.51. The average molecular weight is 339 g/mol. The molecule has 0 aliphatic carbocycles. The molecule has 3 rings (SSSR count). The fraction of sp³-hybridized carbons (Fsp3) is 0.0714. The number of ether oxygens (including phenoxy) is 1. The summed E-state index contributed by atoms with van der Waals surface area (Å²) in [4.78, 5) is 35.3. The molecular weight excluding hydrogens is 331 g/mol. The number of nitrogens with one attached hydrogen (secondary N) is 1. The first kappa shape index (κ1) is 15.6. The third kappa shape index (κ3) is 3.07. The third-order valence-corrected chi connectivity index (χ3v) is 2.90. The van der Waals surface area contributed by atoms with Gasteiger partial charge in [-0.15, -0.1) is 13.2 Å². The van der Waals surface area contributed by atoms with E-state index in [1.165, 1.54) is 30.5 Å². The monoisotopic (exact) mass is 339 g/mol. The van der Waals surface area contributed by atoms with Gasteiger partial charge in [-0.3, -0.25) is 9.78 Å². The molecule has 0 aliphatic rings. The summed E-state index contributed by atoms with van der Waals surface area (Å²) in [5.41, 5.74) is -1.83. The molecule has 0 saturated carbocycles. The number of aromatic amines is 1. The zero-order chi connectivity index (χ0) is 17.3. The lowest BCUT2D eigenvalue weighted by atomic mass is 10.3. The summed E-state index contributed by atoms with van der Waals surface area (Å²) in [5.74, 6) is -1.15. The zero-order valence-electron chi connectivity index (χ0n) is 11.7. The van der Waals surface area contributed by atoms with Crippen molar-refractivity contribution in [2.24, 2.45) is 0 Å². The van der Waals surface area contributed by atoms with Gasteiger partial charge >= 0.3 is 12.1 Å². The van der Waals surface area contributed by atoms with Gasteiger partial charge in [-0.1, -0.05) is 16.9 Å². The van der Waals surface area contributed by atoms with Crippen LogP contribution in [0.3, 0.4) is 0 Å². The van der Waals surface area contributed by atoms with Gasteiger partial charge < -0.3 is 9.57 Å².